The summed E-state index contributed by atoms with van der Waals surface area (Å²) in [6.07, 6.45) is 4.12. The van der Waals surface area contributed by atoms with Gasteiger partial charge in [-0.2, -0.15) is 0 Å². The summed E-state index contributed by atoms with van der Waals surface area (Å²) in [6.45, 7) is 2.55. The van der Waals surface area contributed by atoms with E-state index in [-0.39, 0.29) is 6.10 Å². The summed E-state index contributed by atoms with van der Waals surface area (Å²) >= 11 is 0. The van der Waals surface area contributed by atoms with Gasteiger partial charge >= 0.3 is 8.25 Å². The Morgan fingerprint density at radius 3 is 2.15 bits per heavy atom. The van der Waals surface area contributed by atoms with E-state index < -0.39 is 8.25 Å². The van der Waals surface area contributed by atoms with E-state index in [1.807, 2.05) is 0 Å². The van der Waals surface area contributed by atoms with Gasteiger partial charge in [0.25, 0.3) is 0 Å². The summed E-state index contributed by atoms with van der Waals surface area (Å²) in [5.41, 5.74) is 5.20. The molecule has 13 heavy (non-hydrogen) atoms. The molecule has 0 heterocycles. The minimum atomic E-state index is -3.13. The molecular weight excluding hydrogens is 193 g/mol. The van der Waals surface area contributed by atoms with Crippen molar-refractivity contribution in [2.24, 2.45) is 5.73 Å². The molecule has 0 aromatic carbocycles. The lowest BCUT2D eigenvalue weighted by Crippen LogP contribution is -2.19. The Morgan fingerprint density at radius 1 is 1.38 bits per heavy atom. The van der Waals surface area contributed by atoms with Crippen LogP contribution in [0.3, 0.4) is 0 Å². The molecule has 6 heteroatoms. The van der Waals surface area contributed by atoms with Crippen molar-refractivity contribution in [3.63, 3.8) is 0 Å². The highest BCUT2D eigenvalue weighted by atomic mass is 31.1. The Morgan fingerprint density at radius 2 is 1.85 bits per heavy atom. The zero-order chi connectivity index (χ0) is 10.7. The summed E-state index contributed by atoms with van der Waals surface area (Å²) in [5, 5.41) is 8.96. The number of aliphatic hydroxyl groups excluding tert-OH is 1. The molecule has 0 rings (SSSR count). The Kier molecular flexibility index (Phi) is 14.4. The van der Waals surface area contributed by atoms with Crippen molar-refractivity contribution in [1.29, 1.82) is 0 Å². The van der Waals surface area contributed by atoms with Crippen LogP contribution in [0.4, 0.5) is 0 Å². The van der Waals surface area contributed by atoms with Crippen LogP contribution in [0.5, 0.6) is 0 Å². The Balaban J connectivity index is 0. The predicted octanol–water partition coefficient (Wildman–Crippen LogP) is 0.247. The van der Waals surface area contributed by atoms with Crippen LogP contribution in [-0.4, -0.2) is 27.5 Å². The van der Waals surface area contributed by atoms with Gasteiger partial charge in [-0.05, 0) is 6.42 Å². The minimum Gasteiger partial charge on any atom is -0.392 e. The van der Waals surface area contributed by atoms with E-state index in [0.29, 0.717) is 6.54 Å². The third-order valence-electron chi connectivity index (χ3n) is 1.41. The maximum atomic E-state index is 8.96. The molecule has 0 saturated heterocycles. The lowest BCUT2D eigenvalue weighted by molar-refractivity contribution is 0.169. The summed E-state index contributed by atoms with van der Waals surface area (Å²) in [6, 6.07) is 0. The van der Waals surface area contributed by atoms with E-state index in [1.165, 1.54) is 12.8 Å². The van der Waals surface area contributed by atoms with Crippen LogP contribution in [0, 0.1) is 0 Å². The van der Waals surface area contributed by atoms with Crippen molar-refractivity contribution in [2.45, 2.75) is 38.7 Å². The van der Waals surface area contributed by atoms with Gasteiger partial charge in [-0.25, -0.2) is 0 Å². The standard InChI is InChI=1S/C7H17NO.H3O3P/c1-2-3-4-5-7(9)6-8;1-4(2)3/h7,9H,2-6,8H2,1H3;4H,(H2,1,2,3). The first-order valence-electron chi connectivity index (χ1n) is 4.34. The smallest absolute Gasteiger partial charge is 0.314 e. The molecule has 0 aliphatic carbocycles. The van der Waals surface area contributed by atoms with Gasteiger partial charge < -0.3 is 20.6 Å². The van der Waals surface area contributed by atoms with Crippen molar-refractivity contribution >= 4 is 8.25 Å². The fraction of sp³-hybridized carbons (Fsp3) is 1.00. The van der Waals surface area contributed by atoms with E-state index in [2.05, 4.69) is 6.92 Å². The molecule has 0 fully saturated rings. The Labute approximate surface area is 79.5 Å². The van der Waals surface area contributed by atoms with Gasteiger partial charge in [0.2, 0.25) is 0 Å². The number of rotatable bonds is 5. The molecular formula is C7H20NO4P. The maximum absolute atomic E-state index is 8.96. The summed E-state index contributed by atoms with van der Waals surface area (Å²) in [5.74, 6) is 0. The molecule has 0 amide bonds. The lowest BCUT2D eigenvalue weighted by atomic mass is 10.1. The molecule has 0 aliphatic heterocycles. The fourth-order valence-corrected chi connectivity index (χ4v) is 0.748. The maximum Gasteiger partial charge on any atom is 0.314 e. The molecule has 0 spiro atoms. The van der Waals surface area contributed by atoms with Crippen LogP contribution in [-0.2, 0) is 4.57 Å². The predicted molar refractivity (Wildman–Crippen MR) is 52.6 cm³/mol. The Hall–Kier alpha value is 0.0700. The molecule has 0 radical (unpaired) electrons. The zero-order valence-electron chi connectivity index (χ0n) is 7.94. The van der Waals surface area contributed by atoms with Gasteiger partial charge in [-0.15, -0.1) is 0 Å². The van der Waals surface area contributed by atoms with Crippen LogP contribution in [0.1, 0.15) is 32.6 Å². The number of hydrogen-bond acceptors (Lipinski definition) is 3. The second-order valence-corrected chi connectivity index (χ2v) is 3.23. The van der Waals surface area contributed by atoms with Gasteiger partial charge in [0, 0.05) is 6.54 Å². The number of aliphatic hydroxyl groups is 1. The van der Waals surface area contributed by atoms with E-state index in [4.69, 9.17) is 25.2 Å². The second kappa shape index (κ2) is 12.1. The van der Waals surface area contributed by atoms with Gasteiger partial charge in [0.05, 0.1) is 6.10 Å². The van der Waals surface area contributed by atoms with Crippen LogP contribution in [0.25, 0.3) is 0 Å². The van der Waals surface area contributed by atoms with Crippen LogP contribution >= 0.6 is 8.25 Å². The second-order valence-electron chi connectivity index (χ2n) is 2.67. The van der Waals surface area contributed by atoms with Gasteiger partial charge in [0.1, 0.15) is 0 Å². The Bertz CT molecular complexity index is 119. The monoisotopic (exact) mass is 213 g/mol. The van der Waals surface area contributed by atoms with Gasteiger partial charge in [-0.1, -0.05) is 26.2 Å². The van der Waals surface area contributed by atoms with Crippen molar-refractivity contribution in [2.75, 3.05) is 6.54 Å². The van der Waals surface area contributed by atoms with Crippen molar-refractivity contribution in [1.82, 2.24) is 0 Å². The SMILES string of the molecule is CCCCCC(O)CN.O=[PH](O)O. The highest BCUT2D eigenvalue weighted by molar-refractivity contribution is 7.30. The highest BCUT2D eigenvalue weighted by Crippen LogP contribution is 2.01. The molecule has 1 unspecified atom stereocenters. The van der Waals surface area contributed by atoms with Crippen LogP contribution in [0.15, 0.2) is 0 Å². The highest BCUT2D eigenvalue weighted by Gasteiger charge is 1.97. The number of hydrogen-bond donors (Lipinski definition) is 4. The molecule has 0 aromatic heterocycles. The van der Waals surface area contributed by atoms with Gasteiger partial charge in [-0.3, -0.25) is 4.57 Å². The summed E-state index contributed by atoms with van der Waals surface area (Å²) in [7, 11) is -3.13. The molecule has 0 saturated carbocycles. The number of nitrogens with two attached hydrogens (primary N) is 1. The van der Waals surface area contributed by atoms with E-state index in [1.54, 1.807) is 0 Å². The molecule has 82 valence electrons. The van der Waals surface area contributed by atoms with Crippen molar-refractivity contribution < 1.29 is 19.5 Å². The average molecular weight is 213 g/mol. The van der Waals surface area contributed by atoms with Gasteiger partial charge in [0.15, 0.2) is 0 Å². The molecule has 0 aromatic rings. The normalized spacial score (nSPS) is 12.2. The number of unbranched alkanes of at least 4 members (excludes halogenated alkanes) is 2. The minimum absolute atomic E-state index is 0.267. The van der Waals surface area contributed by atoms with Crippen molar-refractivity contribution in [3.8, 4) is 0 Å². The fourth-order valence-electron chi connectivity index (χ4n) is 0.748. The molecule has 5 nitrogen and oxygen atoms in total. The molecule has 0 bridgehead atoms. The first-order valence-corrected chi connectivity index (χ1v) is 5.64. The molecule has 0 aliphatic rings. The lowest BCUT2D eigenvalue weighted by Gasteiger charge is -2.04. The van der Waals surface area contributed by atoms with Crippen LogP contribution < -0.4 is 5.73 Å². The topological polar surface area (TPSA) is 104 Å². The largest absolute Gasteiger partial charge is 0.392 e. The third kappa shape index (κ3) is 24.5. The molecule has 5 N–H and O–H groups in total. The van der Waals surface area contributed by atoms with E-state index >= 15 is 0 Å². The third-order valence-corrected chi connectivity index (χ3v) is 1.41. The summed E-state index contributed by atoms with van der Waals surface area (Å²) < 4.78 is 8.74. The zero-order valence-corrected chi connectivity index (χ0v) is 8.94. The molecule has 1 atom stereocenters. The van der Waals surface area contributed by atoms with Crippen LogP contribution in [0.2, 0.25) is 0 Å². The first kappa shape index (κ1) is 15.5. The first-order chi connectivity index (χ1) is 6.04. The van der Waals surface area contributed by atoms with E-state index in [9.17, 15) is 0 Å². The van der Waals surface area contributed by atoms with Crippen molar-refractivity contribution in [3.05, 3.63) is 0 Å². The average Bonchev–Trinajstić information content (AvgIpc) is 2.03. The summed E-state index contributed by atoms with van der Waals surface area (Å²) in [4.78, 5) is 14.3. The van der Waals surface area contributed by atoms with E-state index in [0.717, 1.165) is 12.8 Å². The quantitative estimate of drug-likeness (QED) is 0.387.